The monoisotopic (exact) mass is 424 g/mol. The topological polar surface area (TPSA) is 42.0 Å². The number of rotatable bonds is 8. The number of benzene rings is 2. The van der Waals surface area contributed by atoms with E-state index in [4.69, 9.17) is 9.47 Å². The van der Waals surface area contributed by atoms with Crippen LogP contribution in [0, 0.1) is 0 Å². The normalized spacial score (nSPS) is 18.2. The summed E-state index contributed by atoms with van der Waals surface area (Å²) in [6.07, 6.45) is 0.571. The number of carbonyl (C=O) groups excluding carboxylic acids is 1. The Bertz CT molecular complexity index is 779. The molecule has 2 aromatic carbocycles. The molecule has 5 heteroatoms. The van der Waals surface area contributed by atoms with Crippen molar-refractivity contribution in [3.05, 3.63) is 71.8 Å². The molecule has 0 aromatic heterocycles. The molecule has 0 N–H and O–H groups in total. The number of amides is 1. The van der Waals surface area contributed by atoms with Crippen molar-refractivity contribution in [1.82, 2.24) is 9.80 Å². The van der Waals surface area contributed by atoms with Gasteiger partial charge in [-0.05, 0) is 45.2 Å². The van der Waals surface area contributed by atoms with Crippen molar-refractivity contribution in [3.63, 3.8) is 0 Å². The van der Waals surface area contributed by atoms with Gasteiger partial charge in [-0.25, -0.2) is 4.79 Å². The molecule has 3 rings (SSSR count). The molecule has 31 heavy (non-hydrogen) atoms. The van der Waals surface area contributed by atoms with E-state index in [0.717, 1.165) is 19.5 Å². The lowest BCUT2D eigenvalue weighted by Gasteiger charge is -2.37. The lowest BCUT2D eigenvalue weighted by molar-refractivity contribution is -0.0553. The molecule has 1 aliphatic heterocycles. The molecule has 168 valence electrons. The van der Waals surface area contributed by atoms with Crippen molar-refractivity contribution in [2.75, 3.05) is 13.2 Å². The highest BCUT2D eigenvalue weighted by Gasteiger charge is 2.49. The minimum Gasteiger partial charge on any atom is -0.448 e. The van der Waals surface area contributed by atoms with Gasteiger partial charge >= 0.3 is 6.09 Å². The standard InChI is InChI=1S/C26H36N2O3/c1-6-23(19-30-24(29)28-25(2,3)20-31-26(28,4)5)27(17-21-13-9-7-10-14-21)18-22-15-11-8-12-16-22/h7-16,23H,6,17-20H2,1-5H3/t23-/m0/s1. The van der Waals surface area contributed by atoms with Gasteiger partial charge in [-0.3, -0.25) is 9.80 Å². The van der Waals surface area contributed by atoms with Gasteiger partial charge in [0.05, 0.1) is 12.1 Å². The molecule has 0 radical (unpaired) electrons. The van der Waals surface area contributed by atoms with Gasteiger partial charge in [0.2, 0.25) is 0 Å². The van der Waals surface area contributed by atoms with Crippen LogP contribution in [-0.2, 0) is 22.6 Å². The van der Waals surface area contributed by atoms with E-state index in [1.165, 1.54) is 11.1 Å². The Morgan fingerprint density at radius 3 is 1.94 bits per heavy atom. The van der Waals surface area contributed by atoms with Gasteiger partial charge in [-0.1, -0.05) is 67.6 Å². The molecule has 5 nitrogen and oxygen atoms in total. The van der Waals surface area contributed by atoms with Gasteiger partial charge in [0.15, 0.2) is 0 Å². The van der Waals surface area contributed by atoms with E-state index in [1.54, 1.807) is 4.90 Å². The van der Waals surface area contributed by atoms with Crippen LogP contribution >= 0.6 is 0 Å². The van der Waals surface area contributed by atoms with Crippen LogP contribution in [0.4, 0.5) is 4.79 Å². The minimum absolute atomic E-state index is 0.110. The molecule has 0 aliphatic carbocycles. The zero-order valence-corrected chi connectivity index (χ0v) is 19.5. The Morgan fingerprint density at radius 1 is 1.00 bits per heavy atom. The average Bonchev–Trinajstić information content (AvgIpc) is 2.97. The fraction of sp³-hybridized carbons (Fsp3) is 0.500. The second kappa shape index (κ2) is 9.84. The zero-order valence-electron chi connectivity index (χ0n) is 19.5. The van der Waals surface area contributed by atoms with Gasteiger partial charge in [0.1, 0.15) is 12.3 Å². The molecule has 1 saturated heterocycles. The number of ether oxygens (including phenoxy) is 2. The molecule has 1 fully saturated rings. The van der Waals surface area contributed by atoms with E-state index < -0.39 is 11.3 Å². The summed E-state index contributed by atoms with van der Waals surface area (Å²) in [4.78, 5) is 17.2. The van der Waals surface area contributed by atoms with E-state index in [0.29, 0.717) is 13.2 Å². The maximum absolute atomic E-state index is 13.0. The summed E-state index contributed by atoms with van der Waals surface area (Å²) in [6, 6.07) is 21.0. The third-order valence-corrected chi connectivity index (χ3v) is 5.95. The third-order valence-electron chi connectivity index (χ3n) is 5.95. The van der Waals surface area contributed by atoms with Crippen LogP contribution in [0.25, 0.3) is 0 Å². The molecule has 0 unspecified atom stereocenters. The lowest BCUT2D eigenvalue weighted by atomic mass is 10.0. The summed E-state index contributed by atoms with van der Waals surface area (Å²) in [5.41, 5.74) is 1.43. The van der Waals surface area contributed by atoms with Crippen LogP contribution in [-0.4, -0.2) is 46.4 Å². The van der Waals surface area contributed by atoms with Gasteiger partial charge in [0.25, 0.3) is 0 Å². The second-order valence-electron chi connectivity index (χ2n) is 9.40. The van der Waals surface area contributed by atoms with Crippen molar-refractivity contribution in [1.29, 1.82) is 0 Å². The van der Waals surface area contributed by atoms with Crippen molar-refractivity contribution >= 4 is 6.09 Å². The molecule has 1 heterocycles. The van der Waals surface area contributed by atoms with Crippen molar-refractivity contribution in [2.45, 2.75) is 71.4 Å². The first-order valence-electron chi connectivity index (χ1n) is 11.2. The molecular weight excluding hydrogens is 388 g/mol. The number of carbonyl (C=O) groups is 1. The van der Waals surface area contributed by atoms with Gasteiger partial charge < -0.3 is 9.47 Å². The summed E-state index contributed by atoms with van der Waals surface area (Å²) in [7, 11) is 0. The highest BCUT2D eigenvalue weighted by atomic mass is 16.6. The second-order valence-corrected chi connectivity index (χ2v) is 9.40. The van der Waals surface area contributed by atoms with Crippen LogP contribution in [0.3, 0.4) is 0 Å². The lowest BCUT2D eigenvalue weighted by Crippen LogP contribution is -2.53. The first-order valence-corrected chi connectivity index (χ1v) is 11.2. The fourth-order valence-electron chi connectivity index (χ4n) is 4.34. The number of hydrogen-bond acceptors (Lipinski definition) is 4. The maximum atomic E-state index is 13.0. The van der Waals surface area contributed by atoms with Gasteiger partial charge in [-0.2, -0.15) is 0 Å². The average molecular weight is 425 g/mol. The Kier molecular flexibility index (Phi) is 7.39. The largest absolute Gasteiger partial charge is 0.448 e. The molecular formula is C26H36N2O3. The summed E-state index contributed by atoms with van der Waals surface area (Å²) in [5.74, 6) is 0. The zero-order chi connectivity index (χ0) is 22.5. The smallest absolute Gasteiger partial charge is 0.412 e. The summed E-state index contributed by atoms with van der Waals surface area (Å²) in [5, 5.41) is 0. The summed E-state index contributed by atoms with van der Waals surface area (Å²) in [6.45, 7) is 12.4. The van der Waals surface area contributed by atoms with Crippen LogP contribution in [0.1, 0.15) is 52.2 Å². The first-order chi connectivity index (χ1) is 14.7. The van der Waals surface area contributed by atoms with Crippen LogP contribution in [0.15, 0.2) is 60.7 Å². The van der Waals surface area contributed by atoms with Crippen molar-refractivity contribution < 1.29 is 14.3 Å². The van der Waals surface area contributed by atoms with Crippen LogP contribution in [0.2, 0.25) is 0 Å². The quantitative estimate of drug-likeness (QED) is 0.565. The van der Waals surface area contributed by atoms with Gasteiger partial charge in [0, 0.05) is 19.1 Å². The maximum Gasteiger partial charge on any atom is 0.412 e. The molecule has 1 atom stereocenters. The van der Waals surface area contributed by atoms with Crippen LogP contribution < -0.4 is 0 Å². The molecule has 0 bridgehead atoms. The van der Waals surface area contributed by atoms with E-state index in [1.807, 2.05) is 39.8 Å². The number of hydrogen-bond donors (Lipinski definition) is 0. The van der Waals surface area contributed by atoms with Gasteiger partial charge in [-0.15, -0.1) is 0 Å². The van der Waals surface area contributed by atoms with Crippen molar-refractivity contribution in [3.8, 4) is 0 Å². The summed E-state index contributed by atoms with van der Waals surface area (Å²) >= 11 is 0. The predicted molar refractivity (Wildman–Crippen MR) is 124 cm³/mol. The van der Waals surface area contributed by atoms with E-state index in [9.17, 15) is 4.79 Å². The molecule has 0 spiro atoms. The highest BCUT2D eigenvalue weighted by molar-refractivity contribution is 5.70. The summed E-state index contributed by atoms with van der Waals surface area (Å²) < 4.78 is 11.7. The van der Waals surface area contributed by atoms with Crippen LogP contribution in [0.5, 0.6) is 0 Å². The highest BCUT2D eigenvalue weighted by Crippen LogP contribution is 2.35. The van der Waals surface area contributed by atoms with Crippen molar-refractivity contribution in [2.24, 2.45) is 0 Å². The predicted octanol–water partition coefficient (Wildman–Crippen LogP) is 5.45. The molecule has 1 aliphatic rings. The molecule has 1 amide bonds. The first kappa shape index (κ1) is 23.3. The SMILES string of the molecule is CC[C@@H](COC(=O)N1C(C)(C)COC1(C)C)N(Cc1ccccc1)Cc1ccccc1. The Hall–Kier alpha value is -2.37. The Balaban J connectivity index is 1.73. The van der Waals surface area contributed by atoms with E-state index in [2.05, 4.69) is 60.4 Å². The van der Waals surface area contributed by atoms with E-state index in [-0.39, 0.29) is 12.1 Å². The Morgan fingerprint density at radius 2 is 1.52 bits per heavy atom. The molecule has 0 saturated carbocycles. The fourth-order valence-corrected chi connectivity index (χ4v) is 4.34. The molecule has 2 aromatic rings. The third kappa shape index (κ3) is 5.86. The van der Waals surface area contributed by atoms with E-state index >= 15 is 0 Å². The number of nitrogens with zero attached hydrogens (tertiary/aromatic N) is 2. The Labute approximate surface area is 187 Å². The minimum atomic E-state index is -0.671.